The summed E-state index contributed by atoms with van der Waals surface area (Å²) in [6, 6.07) is 6.05. The molecule has 1 amide bonds. The Kier molecular flexibility index (Phi) is 9.78. The number of hydrogen-bond acceptors (Lipinski definition) is 5. The molecule has 2 aliphatic heterocycles. The lowest BCUT2D eigenvalue weighted by Crippen LogP contribution is -2.47. The minimum Gasteiger partial charge on any atom is -0.392 e. The summed E-state index contributed by atoms with van der Waals surface area (Å²) in [5.41, 5.74) is 0.844. The molecule has 9 heteroatoms. The topological polar surface area (TPSA) is 73.8 Å². The first kappa shape index (κ1) is 23.1. The Balaban J connectivity index is 0.00000169. The summed E-state index contributed by atoms with van der Waals surface area (Å²) in [6.07, 6.45) is -0.0485. The second kappa shape index (κ2) is 11.0. The maximum atomic E-state index is 13.6. The van der Waals surface area contributed by atoms with Crippen molar-refractivity contribution < 1.29 is 19.0 Å². The quantitative estimate of drug-likeness (QED) is 0.673. The largest absolute Gasteiger partial charge is 0.392 e. The molecule has 2 aliphatic rings. The van der Waals surface area contributed by atoms with Gasteiger partial charge in [-0.05, 0) is 24.1 Å². The van der Waals surface area contributed by atoms with Crippen LogP contribution in [0.2, 0.25) is 0 Å². The number of rotatable bonds is 5. The van der Waals surface area contributed by atoms with Crippen LogP contribution in [0.15, 0.2) is 24.3 Å². The summed E-state index contributed by atoms with van der Waals surface area (Å²) in [4.78, 5) is 14.5. The van der Waals surface area contributed by atoms with E-state index in [1.807, 2.05) is 6.07 Å². The molecular formula is C17H26Cl2FN3O3. The highest BCUT2D eigenvalue weighted by atomic mass is 35.5. The average Bonchev–Trinajstić information content (AvgIpc) is 3.02. The van der Waals surface area contributed by atoms with Gasteiger partial charge in [0.15, 0.2) is 0 Å². The zero-order chi connectivity index (χ0) is 16.9. The highest BCUT2D eigenvalue weighted by Gasteiger charge is 2.29. The van der Waals surface area contributed by atoms with Crippen molar-refractivity contribution in [2.75, 3.05) is 39.4 Å². The molecule has 3 unspecified atom stereocenters. The smallest absolute Gasteiger partial charge is 0.237 e. The van der Waals surface area contributed by atoms with E-state index in [9.17, 15) is 14.3 Å². The fraction of sp³-hybridized carbons (Fsp3) is 0.588. The van der Waals surface area contributed by atoms with Crippen molar-refractivity contribution in [3.05, 3.63) is 35.6 Å². The van der Waals surface area contributed by atoms with Crippen LogP contribution in [0.3, 0.4) is 0 Å². The lowest BCUT2D eigenvalue weighted by molar-refractivity contribution is -0.123. The summed E-state index contributed by atoms with van der Waals surface area (Å²) >= 11 is 0. The van der Waals surface area contributed by atoms with Crippen molar-refractivity contribution in [3.8, 4) is 0 Å². The first-order valence-electron chi connectivity index (χ1n) is 8.40. The fourth-order valence-corrected chi connectivity index (χ4v) is 3.30. The van der Waals surface area contributed by atoms with Crippen molar-refractivity contribution in [1.82, 2.24) is 15.5 Å². The third-order valence-electron chi connectivity index (χ3n) is 4.61. The van der Waals surface area contributed by atoms with Crippen LogP contribution in [0.5, 0.6) is 0 Å². The zero-order valence-corrected chi connectivity index (χ0v) is 16.0. The van der Waals surface area contributed by atoms with Gasteiger partial charge < -0.3 is 20.5 Å². The molecule has 3 N–H and O–H groups in total. The Morgan fingerprint density at radius 1 is 1.38 bits per heavy atom. The van der Waals surface area contributed by atoms with Crippen LogP contribution < -0.4 is 10.6 Å². The molecule has 0 bridgehead atoms. The van der Waals surface area contributed by atoms with Crippen LogP contribution in [0.1, 0.15) is 18.0 Å². The van der Waals surface area contributed by atoms with Crippen molar-refractivity contribution in [3.63, 3.8) is 0 Å². The van der Waals surface area contributed by atoms with Crippen LogP contribution in [0.4, 0.5) is 4.39 Å². The number of aliphatic hydroxyl groups excluding tert-OH is 1. The molecule has 0 radical (unpaired) electrons. The van der Waals surface area contributed by atoms with Gasteiger partial charge in [0.2, 0.25) is 5.91 Å². The molecular weight excluding hydrogens is 384 g/mol. The molecule has 2 saturated heterocycles. The van der Waals surface area contributed by atoms with Crippen LogP contribution in [-0.2, 0) is 9.53 Å². The standard InChI is InChI=1S/C17H24FN3O3.2ClH/c18-13-3-1-2-12(8-13)16(21-4-6-24-7-5-21)11-20-17(23)15-9-14(22)10-19-15;;/h1-3,8,14-16,19,22H,4-7,9-11H2,(H,20,23);2*1H. The summed E-state index contributed by atoms with van der Waals surface area (Å²) in [7, 11) is 0. The molecule has 1 aromatic carbocycles. The number of carbonyl (C=O) groups excluding carboxylic acids is 1. The number of ether oxygens (including phenoxy) is 1. The molecule has 1 aromatic rings. The molecule has 3 atom stereocenters. The molecule has 0 aromatic heterocycles. The number of aliphatic hydroxyl groups is 1. The number of hydrogen-bond donors (Lipinski definition) is 3. The normalized spacial score (nSPS) is 24.2. The van der Waals surface area contributed by atoms with E-state index in [0.29, 0.717) is 32.7 Å². The van der Waals surface area contributed by atoms with E-state index in [1.165, 1.54) is 12.1 Å². The Hall–Kier alpha value is -0.960. The van der Waals surface area contributed by atoms with Gasteiger partial charge in [0.05, 0.1) is 31.4 Å². The number of halogens is 3. The van der Waals surface area contributed by atoms with Crippen molar-refractivity contribution in [2.45, 2.75) is 24.6 Å². The number of carbonyl (C=O) groups is 1. The number of nitrogens with zero attached hydrogens (tertiary/aromatic N) is 1. The fourth-order valence-electron chi connectivity index (χ4n) is 3.30. The predicted molar refractivity (Wildman–Crippen MR) is 101 cm³/mol. The van der Waals surface area contributed by atoms with E-state index < -0.39 is 6.10 Å². The third-order valence-corrected chi connectivity index (χ3v) is 4.61. The average molecular weight is 410 g/mol. The van der Waals surface area contributed by atoms with Gasteiger partial charge in [0, 0.05) is 26.2 Å². The highest BCUT2D eigenvalue weighted by molar-refractivity contribution is 5.85. The third kappa shape index (κ3) is 6.04. The summed E-state index contributed by atoms with van der Waals surface area (Å²) in [6.45, 7) is 3.60. The van der Waals surface area contributed by atoms with Gasteiger partial charge in [-0.3, -0.25) is 9.69 Å². The van der Waals surface area contributed by atoms with Crippen LogP contribution >= 0.6 is 24.8 Å². The minimum absolute atomic E-state index is 0. The number of nitrogens with one attached hydrogen (secondary N) is 2. The molecule has 2 heterocycles. The van der Waals surface area contributed by atoms with E-state index in [1.54, 1.807) is 6.07 Å². The van der Waals surface area contributed by atoms with Gasteiger partial charge >= 0.3 is 0 Å². The monoisotopic (exact) mass is 409 g/mol. The second-order valence-electron chi connectivity index (χ2n) is 6.31. The molecule has 3 rings (SSSR count). The van der Waals surface area contributed by atoms with Crippen molar-refractivity contribution in [2.24, 2.45) is 0 Å². The minimum atomic E-state index is -0.473. The van der Waals surface area contributed by atoms with E-state index in [2.05, 4.69) is 15.5 Å². The lowest BCUT2D eigenvalue weighted by atomic mass is 10.0. The Morgan fingerprint density at radius 3 is 2.73 bits per heavy atom. The molecule has 6 nitrogen and oxygen atoms in total. The van der Waals surface area contributed by atoms with E-state index in [-0.39, 0.29) is 48.6 Å². The molecule has 2 fully saturated rings. The van der Waals surface area contributed by atoms with E-state index >= 15 is 0 Å². The molecule has 0 aliphatic carbocycles. The lowest BCUT2D eigenvalue weighted by Gasteiger charge is -2.35. The van der Waals surface area contributed by atoms with Gasteiger partial charge in [-0.25, -0.2) is 4.39 Å². The number of benzene rings is 1. The maximum absolute atomic E-state index is 13.6. The maximum Gasteiger partial charge on any atom is 0.237 e. The Morgan fingerprint density at radius 2 is 2.12 bits per heavy atom. The molecule has 0 saturated carbocycles. The molecule has 26 heavy (non-hydrogen) atoms. The van der Waals surface area contributed by atoms with E-state index in [0.717, 1.165) is 18.7 Å². The van der Waals surface area contributed by atoms with Gasteiger partial charge in [0.25, 0.3) is 0 Å². The van der Waals surface area contributed by atoms with Gasteiger partial charge in [-0.15, -0.1) is 24.8 Å². The SMILES string of the molecule is Cl.Cl.O=C(NCC(c1cccc(F)c1)N1CCOCC1)C1CC(O)CN1. The van der Waals surface area contributed by atoms with Crippen molar-refractivity contribution in [1.29, 1.82) is 0 Å². The molecule has 0 spiro atoms. The van der Waals surface area contributed by atoms with Crippen LogP contribution in [-0.4, -0.2) is 67.5 Å². The van der Waals surface area contributed by atoms with Gasteiger partial charge in [-0.2, -0.15) is 0 Å². The van der Waals surface area contributed by atoms with Gasteiger partial charge in [0.1, 0.15) is 5.82 Å². The van der Waals surface area contributed by atoms with Crippen LogP contribution in [0, 0.1) is 5.82 Å². The summed E-state index contributed by atoms with van der Waals surface area (Å²) < 4.78 is 19.0. The summed E-state index contributed by atoms with van der Waals surface area (Å²) in [5, 5.41) is 15.5. The van der Waals surface area contributed by atoms with Crippen molar-refractivity contribution >= 4 is 30.7 Å². The molecule has 148 valence electrons. The first-order chi connectivity index (χ1) is 11.6. The van der Waals surface area contributed by atoms with Gasteiger partial charge in [-0.1, -0.05) is 12.1 Å². The first-order valence-corrected chi connectivity index (χ1v) is 8.40. The number of morpholine rings is 1. The predicted octanol–water partition coefficient (Wildman–Crippen LogP) is 0.882. The number of β-amino-alcohol motifs (C(OH)–C–C–N with tert-alkyl or cyclic N) is 1. The Bertz CT molecular complexity index is 576. The second-order valence-corrected chi connectivity index (χ2v) is 6.31. The van der Waals surface area contributed by atoms with E-state index in [4.69, 9.17) is 4.74 Å². The summed E-state index contributed by atoms with van der Waals surface area (Å²) in [5.74, 6) is -0.404. The van der Waals surface area contributed by atoms with Crippen LogP contribution in [0.25, 0.3) is 0 Å². The highest BCUT2D eigenvalue weighted by Crippen LogP contribution is 2.22. The number of amides is 1. The Labute approximate surface area is 165 Å². The zero-order valence-electron chi connectivity index (χ0n) is 14.4.